The number of allylic oxidation sites excluding steroid dienone is 1. The molecule has 0 bridgehead atoms. The summed E-state index contributed by atoms with van der Waals surface area (Å²) in [5, 5.41) is 5.38. The summed E-state index contributed by atoms with van der Waals surface area (Å²) in [5.74, 6) is -4.72. The van der Waals surface area contributed by atoms with Crippen molar-refractivity contribution >= 4 is 45.8 Å². The van der Waals surface area contributed by atoms with E-state index in [1.54, 1.807) is 39.0 Å². The van der Waals surface area contributed by atoms with Crippen molar-refractivity contribution < 1.29 is 55.8 Å². The Morgan fingerprint density at radius 3 is 2.53 bits per heavy atom. The van der Waals surface area contributed by atoms with Gasteiger partial charge in [-0.3, -0.25) is 24.1 Å². The maximum atomic E-state index is 14.5. The van der Waals surface area contributed by atoms with Crippen LogP contribution in [0.4, 0.5) is 14.0 Å². The number of halogens is 1. The SMILES string of the molecule is CC(C)(C)OC(=O)N[C@H]1CCCCC/C=C\[C@@H]2C[C@@]2(C(=O)NS(=O)(=O)c2ccccc2OCC(N)=O)NC(=O)[C@@H]2C[C@@H](OC(=O)N3Cc4cccc(F)c4C3)CN2C1=O. The summed E-state index contributed by atoms with van der Waals surface area (Å²) in [7, 11) is -4.65. The number of para-hydroxylation sites is 1. The van der Waals surface area contributed by atoms with Crippen LogP contribution in [0.2, 0.25) is 0 Å². The normalized spacial score (nSPS) is 25.2. The van der Waals surface area contributed by atoms with Crippen LogP contribution in [0.25, 0.3) is 0 Å². The van der Waals surface area contributed by atoms with Crippen molar-refractivity contribution in [1.29, 1.82) is 0 Å². The van der Waals surface area contributed by atoms with Crippen molar-refractivity contribution in [3.05, 3.63) is 71.6 Å². The Hall–Kier alpha value is -5.72. The molecule has 318 valence electrons. The molecule has 1 saturated carbocycles. The molecule has 0 spiro atoms. The number of carbonyl (C=O) groups excluding carboxylic acids is 6. The number of primary amides is 1. The first-order chi connectivity index (χ1) is 27.9. The first-order valence-corrected chi connectivity index (χ1v) is 20.9. The second kappa shape index (κ2) is 17.2. The molecule has 2 fully saturated rings. The van der Waals surface area contributed by atoms with Crippen molar-refractivity contribution in [2.24, 2.45) is 11.7 Å². The number of benzene rings is 2. The van der Waals surface area contributed by atoms with E-state index >= 15 is 0 Å². The second-order valence-electron chi connectivity index (χ2n) is 16.2. The lowest BCUT2D eigenvalue weighted by atomic mass is 10.0. The molecule has 5 atom stereocenters. The fraction of sp³-hybridized carbons (Fsp3) is 0.500. The van der Waals surface area contributed by atoms with Gasteiger partial charge in [0.25, 0.3) is 21.8 Å². The highest BCUT2D eigenvalue weighted by Crippen LogP contribution is 2.46. The molecule has 1 saturated heterocycles. The molecular weight excluding hydrogens is 792 g/mol. The van der Waals surface area contributed by atoms with Gasteiger partial charge in [0.2, 0.25) is 11.8 Å². The maximum Gasteiger partial charge on any atom is 0.410 e. The van der Waals surface area contributed by atoms with E-state index in [-0.39, 0.29) is 44.6 Å². The molecule has 3 heterocycles. The number of hydrogen-bond donors (Lipinski definition) is 4. The van der Waals surface area contributed by atoms with E-state index in [9.17, 15) is 41.6 Å². The fourth-order valence-corrected chi connectivity index (χ4v) is 8.74. The van der Waals surface area contributed by atoms with Crippen molar-refractivity contribution in [3.8, 4) is 5.75 Å². The highest BCUT2D eigenvalue weighted by Gasteiger charge is 2.62. The highest BCUT2D eigenvalue weighted by molar-refractivity contribution is 7.90. The first-order valence-electron chi connectivity index (χ1n) is 19.4. The van der Waals surface area contributed by atoms with E-state index < -0.39 is 98.4 Å². The predicted octanol–water partition coefficient (Wildman–Crippen LogP) is 2.91. The molecule has 2 aromatic rings. The Kier molecular flexibility index (Phi) is 12.5. The van der Waals surface area contributed by atoms with Gasteiger partial charge < -0.3 is 35.5 Å². The molecule has 19 heteroatoms. The third kappa shape index (κ3) is 10.1. The van der Waals surface area contributed by atoms with Crippen LogP contribution in [-0.4, -0.2) is 96.5 Å². The summed E-state index contributed by atoms with van der Waals surface area (Å²) in [5.41, 5.74) is 3.50. The minimum atomic E-state index is -4.65. The van der Waals surface area contributed by atoms with Gasteiger partial charge in [0.15, 0.2) is 6.61 Å². The zero-order valence-corrected chi connectivity index (χ0v) is 33.8. The lowest BCUT2D eigenvalue weighted by Gasteiger charge is -2.30. The number of sulfonamides is 1. The summed E-state index contributed by atoms with van der Waals surface area (Å²) in [6.45, 7) is 4.17. The van der Waals surface area contributed by atoms with Crippen LogP contribution in [0.1, 0.15) is 76.8 Å². The van der Waals surface area contributed by atoms with Crippen molar-refractivity contribution in [3.63, 3.8) is 0 Å². The molecule has 5 N–H and O–H groups in total. The zero-order valence-electron chi connectivity index (χ0n) is 33.0. The molecule has 6 rings (SSSR count). The van der Waals surface area contributed by atoms with E-state index in [1.807, 2.05) is 6.08 Å². The van der Waals surface area contributed by atoms with Gasteiger partial charge in [0, 0.05) is 24.4 Å². The van der Waals surface area contributed by atoms with Crippen molar-refractivity contribution in [2.75, 3.05) is 13.2 Å². The monoisotopic (exact) mass is 840 g/mol. The Bertz CT molecular complexity index is 2140. The molecular formula is C40H49FN6O11S. The van der Waals surface area contributed by atoms with Gasteiger partial charge in [0.05, 0.1) is 13.1 Å². The van der Waals surface area contributed by atoms with Crippen LogP contribution >= 0.6 is 0 Å². The third-order valence-electron chi connectivity index (χ3n) is 10.5. The lowest BCUT2D eigenvalue weighted by molar-refractivity contribution is -0.141. The first kappa shape index (κ1) is 42.9. The molecule has 1 aliphatic carbocycles. The quantitative estimate of drug-likeness (QED) is 0.282. The molecule has 0 radical (unpaired) electrons. The predicted molar refractivity (Wildman–Crippen MR) is 207 cm³/mol. The van der Waals surface area contributed by atoms with E-state index in [0.29, 0.717) is 36.8 Å². The molecule has 59 heavy (non-hydrogen) atoms. The number of nitrogens with two attached hydrogens (primary N) is 1. The minimum Gasteiger partial charge on any atom is -0.482 e. The molecule has 0 unspecified atom stereocenters. The number of carbonyl (C=O) groups is 6. The average Bonchev–Trinajstić information content (AvgIpc) is 3.45. The molecule has 0 aromatic heterocycles. The smallest absolute Gasteiger partial charge is 0.410 e. The van der Waals surface area contributed by atoms with Crippen LogP contribution in [0, 0.1) is 11.7 Å². The second-order valence-corrected chi connectivity index (χ2v) is 17.8. The van der Waals surface area contributed by atoms with E-state index in [2.05, 4.69) is 15.4 Å². The number of hydrogen-bond acceptors (Lipinski definition) is 11. The minimum absolute atomic E-state index is 0.0183. The van der Waals surface area contributed by atoms with Gasteiger partial charge >= 0.3 is 12.2 Å². The van der Waals surface area contributed by atoms with E-state index in [1.165, 1.54) is 40.1 Å². The number of rotatable bonds is 8. The van der Waals surface area contributed by atoms with Crippen LogP contribution in [0.3, 0.4) is 0 Å². The number of amides is 6. The highest BCUT2D eigenvalue weighted by atomic mass is 32.2. The third-order valence-corrected chi connectivity index (χ3v) is 11.9. The van der Waals surface area contributed by atoms with Gasteiger partial charge in [-0.1, -0.05) is 49.3 Å². The summed E-state index contributed by atoms with van der Waals surface area (Å²) in [6, 6.07) is 7.38. The van der Waals surface area contributed by atoms with Gasteiger partial charge in [0.1, 0.15) is 45.8 Å². The zero-order chi connectivity index (χ0) is 42.7. The number of nitrogens with one attached hydrogen (secondary N) is 3. The largest absolute Gasteiger partial charge is 0.482 e. The fourth-order valence-electron chi connectivity index (χ4n) is 7.55. The number of alkyl carbamates (subject to hydrolysis) is 1. The van der Waals surface area contributed by atoms with Crippen LogP contribution < -0.4 is 25.8 Å². The van der Waals surface area contributed by atoms with Crippen LogP contribution in [0.5, 0.6) is 5.75 Å². The number of fused-ring (bicyclic) bond motifs is 3. The summed E-state index contributed by atoms with van der Waals surface area (Å²) < 4.78 is 60.4. The standard InChI is InChI=1S/C40H49FN6O11S/c1-39(2,3)58-37(52)43-29-15-8-6-4-5-7-13-25-19-40(25,36(51)45-59(54,55)32-17-10-9-16-31(32)56-23-33(42)48)44-34(49)30-18-26(21-47(30)35(29)50)57-38(53)46-20-24-12-11-14-28(41)27(24)22-46/h7,9-14,16-17,25-26,29-30H,4-6,8,15,18-23H2,1-3H3,(H2,42,48)(H,43,52)(H,44,49)(H,45,51)/b13-7-/t25-,26-,29+,30+,40-/m1/s1. The van der Waals surface area contributed by atoms with Gasteiger partial charge in [-0.15, -0.1) is 0 Å². The summed E-state index contributed by atoms with van der Waals surface area (Å²) >= 11 is 0. The summed E-state index contributed by atoms with van der Waals surface area (Å²) in [4.78, 5) is 82.8. The topological polar surface area (TPSA) is 233 Å². The lowest BCUT2D eigenvalue weighted by Crippen LogP contribution is -2.58. The van der Waals surface area contributed by atoms with Crippen LogP contribution in [-0.2, 0) is 51.8 Å². The maximum absolute atomic E-state index is 14.5. The Balaban J connectivity index is 1.27. The Labute approximate surface area is 341 Å². The van der Waals surface area contributed by atoms with E-state index in [0.717, 1.165) is 0 Å². The Morgan fingerprint density at radius 2 is 1.80 bits per heavy atom. The van der Waals surface area contributed by atoms with Gasteiger partial charge in [-0.2, -0.15) is 0 Å². The van der Waals surface area contributed by atoms with E-state index in [4.69, 9.17) is 19.9 Å². The van der Waals surface area contributed by atoms with Crippen molar-refractivity contribution in [2.45, 2.75) is 113 Å². The van der Waals surface area contributed by atoms with Crippen molar-refractivity contribution in [1.82, 2.24) is 25.2 Å². The summed E-state index contributed by atoms with van der Waals surface area (Å²) in [6.07, 6.45) is 3.37. The van der Waals surface area contributed by atoms with Crippen LogP contribution in [0.15, 0.2) is 59.5 Å². The van der Waals surface area contributed by atoms with Gasteiger partial charge in [-0.25, -0.2) is 27.1 Å². The average molecular weight is 841 g/mol. The Morgan fingerprint density at radius 1 is 1.03 bits per heavy atom. The number of ether oxygens (including phenoxy) is 3. The molecule has 4 aliphatic rings. The molecule has 3 aliphatic heterocycles. The molecule has 17 nitrogen and oxygen atoms in total. The molecule has 2 aromatic carbocycles. The van der Waals surface area contributed by atoms with Gasteiger partial charge in [-0.05, 0) is 70.2 Å². The number of nitrogens with zero attached hydrogens (tertiary/aromatic N) is 2. The molecule has 6 amide bonds.